The van der Waals surface area contributed by atoms with E-state index in [0.29, 0.717) is 5.95 Å². The van der Waals surface area contributed by atoms with E-state index in [-0.39, 0.29) is 11.3 Å². The molecule has 1 fully saturated rings. The Bertz CT molecular complexity index is 1040. The van der Waals surface area contributed by atoms with Gasteiger partial charge in [0.05, 0.1) is 29.2 Å². The summed E-state index contributed by atoms with van der Waals surface area (Å²) in [6, 6.07) is 11.5. The van der Waals surface area contributed by atoms with Gasteiger partial charge >= 0.3 is 0 Å². The first kappa shape index (κ1) is 19.0. The van der Waals surface area contributed by atoms with E-state index in [4.69, 9.17) is 4.74 Å². The van der Waals surface area contributed by atoms with Crippen molar-refractivity contribution in [1.29, 1.82) is 0 Å². The summed E-state index contributed by atoms with van der Waals surface area (Å²) in [4.78, 5) is 32.8. The number of nitrogens with one attached hydrogen (secondary N) is 2. The van der Waals surface area contributed by atoms with Crippen LogP contribution in [0.15, 0.2) is 42.5 Å². The van der Waals surface area contributed by atoms with Gasteiger partial charge in [-0.1, -0.05) is 18.2 Å². The van der Waals surface area contributed by atoms with Crippen molar-refractivity contribution in [2.24, 2.45) is 0 Å². The molecule has 4 rings (SSSR count). The normalized spacial score (nSPS) is 14.8. The maximum atomic E-state index is 12.5. The van der Waals surface area contributed by atoms with E-state index in [0.717, 1.165) is 55.9 Å². The molecule has 150 valence electrons. The van der Waals surface area contributed by atoms with E-state index in [2.05, 4.69) is 20.2 Å². The lowest BCUT2D eigenvalue weighted by molar-refractivity contribution is -0.384. The molecule has 1 saturated heterocycles. The van der Waals surface area contributed by atoms with E-state index in [1.807, 2.05) is 18.2 Å². The average Bonchev–Trinajstić information content (AvgIpc) is 3.16. The van der Waals surface area contributed by atoms with E-state index >= 15 is 0 Å². The minimum absolute atomic E-state index is 0.132. The van der Waals surface area contributed by atoms with Crippen molar-refractivity contribution in [3.05, 3.63) is 63.7 Å². The molecule has 1 amide bonds. The van der Waals surface area contributed by atoms with Gasteiger partial charge in [-0.05, 0) is 24.1 Å². The fourth-order valence-corrected chi connectivity index (χ4v) is 3.40. The van der Waals surface area contributed by atoms with Gasteiger partial charge in [0.15, 0.2) is 0 Å². The lowest BCUT2D eigenvalue weighted by Gasteiger charge is -2.26. The van der Waals surface area contributed by atoms with Crippen LogP contribution in [-0.2, 0) is 11.2 Å². The molecule has 0 atom stereocenters. The van der Waals surface area contributed by atoms with E-state index < -0.39 is 10.8 Å². The van der Waals surface area contributed by atoms with Crippen LogP contribution < -0.4 is 5.32 Å². The topological polar surface area (TPSA) is 113 Å². The molecule has 0 bridgehead atoms. The van der Waals surface area contributed by atoms with Gasteiger partial charge in [0.1, 0.15) is 0 Å². The van der Waals surface area contributed by atoms with Crippen molar-refractivity contribution in [3.8, 4) is 0 Å². The Morgan fingerprint density at radius 1 is 1.24 bits per heavy atom. The third kappa shape index (κ3) is 4.41. The Morgan fingerprint density at radius 3 is 2.83 bits per heavy atom. The number of para-hydroxylation sites is 1. The van der Waals surface area contributed by atoms with Gasteiger partial charge in [-0.25, -0.2) is 4.98 Å². The summed E-state index contributed by atoms with van der Waals surface area (Å²) in [6.45, 7) is 4.31. The number of ether oxygens (including phenoxy) is 1. The third-order valence-electron chi connectivity index (χ3n) is 4.95. The average molecular weight is 395 g/mol. The molecular formula is C20H21N5O4. The first-order chi connectivity index (χ1) is 14.1. The first-order valence-electron chi connectivity index (χ1n) is 9.44. The number of nitro benzene ring substituents is 1. The number of hydrogen-bond donors (Lipinski definition) is 2. The molecule has 1 aliphatic heterocycles. The number of hydrogen-bond acceptors (Lipinski definition) is 6. The van der Waals surface area contributed by atoms with Gasteiger partial charge in [0.25, 0.3) is 11.6 Å². The summed E-state index contributed by atoms with van der Waals surface area (Å²) in [6.07, 6.45) is 0.848. The van der Waals surface area contributed by atoms with E-state index in [1.54, 1.807) is 0 Å². The molecule has 2 aromatic carbocycles. The van der Waals surface area contributed by atoms with Gasteiger partial charge in [0, 0.05) is 37.3 Å². The predicted molar refractivity (Wildman–Crippen MR) is 108 cm³/mol. The minimum Gasteiger partial charge on any atom is -0.379 e. The fraction of sp³-hybridized carbons (Fsp3) is 0.300. The van der Waals surface area contributed by atoms with Crippen molar-refractivity contribution < 1.29 is 14.5 Å². The Kier molecular flexibility index (Phi) is 5.50. The van der Waals surface area contributed by atoms with Gasteiger partial charge in [-0.2, -0.15) is 0 Å². The van der Waals surface area contributed by atoms with E-state index in [1.165, 1.54) is 24.3 Å². The highest BCUT2D eigenvalue weighted by atomic mass is 16.6. The molecule has 1 aromatic heterocycles. The lowest BCUT2D eigenvalue weighted by Crippen LogP contribution is -2.37. The third-order valence-corrected chi connectivity index (χ3v) is 4.95. The highest BCUT2D eigenvalue weighted by Crippen LogP contribution is 2.21. The number of carbonyl (C=O) groups is 1. The first-order valence-corrected chi connectivity index (χ1v) is 9.44. The summed E-state index contributed by atoms with van der Waals surface area (Å²) in [5, 5.41) is 13.6. The zero-order chi connectivity index (χ0) is 20.2. The number of anilines is 1. The maximum absolute atomic E-state index is 12.5. The molecule has 0 saturated carbocycles. The van der Waals surface area contributed by atoms with Crippen LogP contribution in [0, 0.1) is 10.1 Å². The Labute approximate surface area is 166 Å². The number of morpholine rings is 1. The molecule has 9 nitrogen and oxygen atoms in total. The highest BCUT2D eigenvalue weighted by Gasteiger charge is 2.15. The molecule has 2 heterocycles. The number of aromatic amines is 1. The van der Waals surface area contributed by atoms with Crippen LogP contribution in [0.4, 0.5) is 11.6 Å². The zero-order valence-corrected chi connectivity index (χ0v) is 15.8. The fourth-order valence-electron chi connectivity index (χ4n) is 3.40. The van der Waals surface area contributed by atoms with Crippen molar-refractivity contribution in [3.63, 3.8) is 0 Å². The molecule has 0 spiro atoms. The number of nitrogens with zero attached hydrogens (tertiary/aromatic N) is 3. The Morgan fingerprint density at radius 2 is 2.03 bits per heavy atom. The van der Waals surface area contributed by atoms with Gasteiger partial charge in [-0.3, -0.25) is 25.1 Å². The Hall–Kier alpha value is -3.30. The molecule has 29 heavy (non-hydrogen) atoms. The van der Waals surface area contributed by atoms with Crippen molar-refractivity contribution in [2.75, 3.05) is 38.2 Å². The predicted octanol–water partition coefficient (Wildman–Crippen LogP) is 2.60. The maximum Gasteiger partial charge on any atom is 0.270 e. The minimum atomic E-state index is -0.529. The van der Waals surface area contributed by atoms with Gasteiger partial charge in [-0.15, -0.1) is 0 Å². The molecule has 3 aromatic rings. The van der Waals surface area contributed by atoms with Crippen LogP contribution >= 0.6 is 0 Å². The number of nitro groups is 1. The lowest BCUT2D eigenvalue weighted by atomic mass is 10.1. The number of benzene rings is 2. The van der Waals surface area contributed by atoms with Crippen LogP contribution in [0.1, 0.15) is 15.9 Å². The van der Waals surface area contributed by atoms with Crippen LogP contribution in [0.3, 0.4) is 0 Å². The molecule has 9 heteroatoms. The van der Waals surface area contributed by atoms with E-state index in [9.17, 15) is 14.9 Å². The smallest absolute Gasteiger partial charge is 0.270 e. The summed E-state index contributed by atoms with van der Waals surface area (Å²) >= 11 is 0. The largest absolute Gasteiger partial charge is 0.379 e. The molecule has 2 N–H and O–H groups in total. The molecular weight excluding hydrogens is 374 g/mol. The molecule has 0 aliphatic carbocycles. The summed E-state index contributed by atoms with van der Waals surface area (Å²) < 4.78 is 5.38. The quantitative estimate of drug-likeness (QED) is 0.490. The number of fused-ring (bicyclic) bond motifs is 1. The number of rotatable bonds is 6. The summed E-state index contributed by atoms with van der Waals surface area (Å²) in [5.41, 5.74) is 2.81. The second-order valence-corrected chi connectivity index (χ2v) is 6.86. The monoisotopic (exact) mass is 395 g/mol. The molecule has 0 unspecified atom stereocenters. The SMILES string of the molecule is O=C(Nc1nc2c(CCN3CCOCC3)cccc2[nH]1)c1cccc([N+](=O)[O-])c1. The van der Waals surface area contributed by atoms with Crippen molar-refractivity contribution >= 4 is 28.6 Å². The summed E-state index contributed by atoms with van der Waals surface area (Å²) in [7, 11) is 0. The number of H-pyrrole nitrogens is 1. The highest BCUT2D eigenvalue weighted by molar-refractivity contribution is 6.04. The van der Waals surface area contributed by atoms with Crippen molar-refractivity contribution in [1.82, 2.24) is 14.9 Å². The second kappa shape index (κ2) is 8.38. The molecule has 1 aliphatic rings. The second-order valence-electron chi connectivity index (χ2n) is 6.86. The van der Waals surface area contributed by atoms with Crippen LogP contribution in [0.25, 0.3) is 11.0 Å². The number of non-ortho nitro benzene ring substituents is 1. The van der Waals surface area contributed by atoms with Gasteiger partial charge in [0.2, 0.25) is 5.95 Å². The van der Waals surface area contributed by atoms with Crippen molar-refractivity contribution in [2.45, 2.75) is 6.42 Å². The number of aromatic nitrogens is 2. The summed E-state index contributed by atoms with van der Waals surface area (Å²) in [5.74, 6) is -0.141. The zero-order valence-electron chi connectivity index (χ0n) is 15.8. The van der Waals surface area contributed by atoms with Crippen LogP contribution in [-0.4, -0.2) is 58.5 Å². The molecule has 0 radical (unpaired) electrons. The Balaban J connectivity index is 1.49. The number of amides is 1. The number of imidazole rings is 1. The van der Waals surface area contributed by atoms with Crippen LogP contribution in [0.2, 0.25) is 0 Å². The van der Waals surface area contributed by atoms with Crippen LogP contribution in [0.5, 0.6) is 0 Å². The standard InChI is InChI=1S/C20H21N5O4/c26-19(15-4-1-5-16(13-15)25(27)28)23-20-21-17-6-2-3-14(18(17)22-20)7-8-24-9-11-29-12-10-24/h1-6,13H,7-12H2,(H2,21,22,23,26). The number of carbonyl (C=O) groups excluding carboxylic acids is 1. The van der Waals surface area contributed by atoms with Gasteiger partial charge < -0.3 is 9.72 Å².